The van der Waals surface area contributed by atoms with Crippen LogP contribution in [0.15, 0.2) is 36.5 Å². The molecule has 1 N–H and O–H groups in total. The van der Waals surface area contributed by atoms with Crippen LogP contribution in [0.4, 0.5) is 16.0 Å². The van der Waals surface area contributed by atoms with Crippen molar-refractivity contribution >= 4 is 23.2 Å². The molecule has 2 aliphatic rings. The Morgan fingerprint density at radius 2 is 2.03 bits per heavy atom. The van der Waals surface area contributed by atoms with Crippen LogP contribution in [0.3, 0.4) is 0 Å². The van der Waals surface area contributed by atoms with Gasteiger partial charge in [-0.3, -0.25) is 0 Å². The SMILES string of the molecule is COc1cc(N2C[C@H]3CC[C@@H](C2)[C@H]3Nc2nc(Oc3cccc(Cl)c3)n(CCF)n2)cnn1. The zero-order valence-electron chi connectivity index (χ0n) is 18.2. The van der Waals surface area contributed by atoms with Crippen LogP contribution in [0.1, 0.15) is 12.8 Å². The van der Waals surface area contributed by atoms with E-state index in [1.807, 2.05) is 6.07 Å². The Balaban J connectivity index is 1.30. The summed E-state index contributed by atoms with van der Waals surface area (Å²) in [6.07, 6.45) is 4.01. The lowest BCUT2D eigenvalue weighted by Crippen LogP contribution is -2.48. The third-order valence-corrected chi connectivity index (χ3v) is 6.50. The molecule has 11 heteroatoms. The van der Waals surface area contributed by atoms with Crippen LogP contribution in [-0.4, -0.2) is 57.9 Å². The van der Waals surface area contributed by atoms with Crippen molar-refractivity contribution in [1.82, 2.24) is 25.0 Å². The summed E-state index contributed by atoms with van der Waals surface area (Å²) >= 11 is 6.04. The maximum absolute atomic E-state index is 13.1. The van der Waals surface area contributed by atoms with E-state index in [1.54, 1.807) is 37.6 Å². The van der Waals surface area contributed by atoms with Gasteiger partial charge in [0.2, 0.25) is 11.8 Å². The number of alkyl halides is 1. The average molecular weight is 474 g/mol. The van der Waals surface area contributed by atoms with Crippen molar-refractivity contribution < 1.29 is 13.9 Å². The molecule has 1 aliphatic carbocycles. The van der Waals surface area contributed by atoms with Crippen LogP contribution in [0.5, 0.6) is 17.6 Å². The van der Waals surface area contributed by atoms with Crippen molar-refractivity contribution in [2.75, 3.05) is 37.1 Å². The maximum Gasteiger partial charge on any atom is 0.322 e. The van der Waals surface area contributed by atoms with Gasteiger partial charge in [-0.15, -0.1) is 10.2 Å². The zero-order valence-corrected chi connectivity index (χ0v) is 19.0. The van der Waals surface area contributed by atoms with Gasteiger partial charge in [-0.1, -0.05) is 17.7 Å². The van der Waals surface area contributed by atoms with Crippen LogP contribution in [-0.2, 0) is 6.54 Å². The number of nitrogens with one attached hydrogen (secondary N) is 1. The summed E-state index contributed by atoms with van der Waals surface area (Å²) in [6.45, 7) is 1.27. The molecule has 2 aromatic heterocycles. The quantitative estimate of drug-likeness (QED) is 0.528. The molecule has 2 bridgehead atoms. The number of nitrogens with zero attached hydrogens (tertiary/aromatic N) is 6. The van der Waals surface area contributed by atoms with Gasteiger partial charge in [0, 0.05) is 30.2 Å². The summed E-state index contributed by atoms with van der Waals surface area (Å²) in [5, 5.41) is 16.5. The van der Waals surface area contributed by atoms with E-state index >= 15 is 0 Å². The van der Waals surface area contributed by atoms with Crippen LogP contribution in [0, 0.1) is 11.8 Å². The third kappa shape index (κ3) is 4.66. The third-order valence-electron chi connectivity index (χ3n) is 6.26. The second-order valence-corrected chi connectivity index (χ2v) is 8.75. The number of methoxy groups -OCH3 is 1. The smallest absolute Gasteiger partial charge is 0.322 e. The molecule has 3 heterocycles. The largest absolute Gasteiger partial charge is 0.480 e. The van der Waals surface area contributed by atoms with Gasteiger partial charge in [0.15, 0.2) is 0 Å². The Bertz CT molecular complexity index is 1100. The molecule has 5 rings (SSSR count). The van der Waals surface area contributed by atoms with Crippen molar-refractivity contribution in [3.8, 4) is 17.6 Å². The summed E-state index contributed by atoms with van der Waals surface area (Å²) < 4.78 is 25.6. The highest BCUT2D eigenvalue weighted by Crippen LogP contribution is 2.40. The van der Waals surface area contributed by atoms with Crippen molar-refractivity contribution in [2.45, 2.75) is 25.4 Å². The van der Waals surface area contributed by atoms with E-state index in [4.69, 9.17) is 21.1 Å². The van der Waals surface area contributed by atoms with Crippen LogP contribution < -0.4 is 19.7 Å². The highest BCUT2D eigenvalue weighted by Gasteiger charge is 2.42. The van der Waals surface area contributed by atoms with Crippen LogP contribution in [0.25, 0.3) is 0 Å². The minimum atomic E-state index is -0.568. The second-order valence-electron chi connectivity index (χ2n) is 8.32. The first-order chi connectivity index (χ1) is 16.1. The number of benzene rings is 1. The van der Waals surface area contributed by atoms with Gasteiger partial charge >= 0.3 is 6.01 Å². The van der Waals surface area contributed by atoms with Gasteiger partial charge in [0.25, 0.3) is 0 Å². The molecular formula is C22H25ClFN7O2. The van der Waals surface area contributed by atoms with Gasteiger partial charge in [0.05, 0.1) is 25.5 Å². The van der Waals surface area contributed by atoms with Crippen molar-refractivity contribution in [2.24, 2.45) is 11.8 Å². The topological polar surface area (TPSA) is 90.2 Å². The molecule has 3 atom stereocenters. The fourth-order valence-corrected chi connectivity index (χ4v) is 4.93. The number of hydrogen-bond acceptors (Lipinski definition) is 8. The molecule has 0 spiro atoms. The second kappa shape index (κ2) is 9.38. The molecule has 33 heavy (non-hydrogen) atoms. The van der Waals surface area contributed by atoms with Gasteiger partial charge in [0.1, 0.15) is 12.4 Å². The summed E-state index contributed by atoms with van der Waals surface area (Å²) in [5.41, 5.74) is 1.01. The Hall–Kier alpha value is -3.14. The van der Waals surface area contributed by atoms with E-state index in [9.17, 15) is 4.39 Å². The van der Waals surface area contributed by atoms with Crippen molar-refractivity contribution in [3.63, 3.8) is 0 Å². The number of hydrogen-bond donors (Lipinski definition) is 1. The minimum absolute atomic E-state index is 0.0623. The van der Waals surface area contributed by atoms with Crippen LogP contribution in [0.2, 0.25) is 5.02 Å². The first-order valence-corrected chi connectivity index (χ1v) is 11.3. The zero-order chi connectivity index (χ0) is 22.8. The molecule has 1 saturated heterocycles. The minimum Gasteiger partial charge on any atom is -0.480 e. The number of piperidine rings is 1. The predicted octanol–water partition coefficient (Wildman–Crippen LogP) is 3.82. The van der Waals surface area contributed by atoms with E-state index < -0.39 is 6.67 Å². The highest BCUT2D eigenvalue weighted by molar-refractivity contribution is 6.30. The Morgan fingerprint density at radius 1 is 1.21 bits per heavy atom. The number of rotatable bonds is 8. The molecule has 0 radical (unpaired) electrons. The molecule has 1 aliphatic heterocycles. The van der Waals surface area contributed by atoms with E-state index in [0.717, 1.165) is 31.6 Å². The standard InChI is InChI=1S/C22H25ClFN7O2/c1-32-19-10-17(11-25-28-19)30-12-14-5-6-15(13-30)20(14)26-21-27-22(31(29-21)8-7-24)33-18-4-2-3-16(23)9-18/h2-4,9-11,14-15,20H,5-8,12-13H2,1H3,(H,26,29)/t14-,15+,20+. The first-order valence-electron chi connectivity index (χ1n) is 11.0. The lowest BCUT2D eigenvalue weighted by atomic mass is 9.92. The van der Waals surface area contributed by atoms with Gasteiger partial charge in [-0.25, -0.2) is 9.07 Å². The Labute approximate surface area is 195 Å². The lowest BCUT2D eigenvalue weighted by Gasteiger charge is -2.39. The summed E-state index contributed by atoms with van der Waals surface area (Å²) in [4.78, 5) is 6.84. The van der Waals surface area contributed by atoms with Gasteiger partial charge < -0.3 is 19.7 Å². The predicted molar refractivity (Wildman–Crippen MR) is 122 cm³/mol. The number of anilines is 2. The van der Waals surface area contributed by atoms with E-state index in [1.165, 1.54) is 4.68 Å². The Kier molecular flexibility index (Phi) is 6.17. The normalized spacial score (nSPS) is 21.8. The highest BCUT2D eigenvalue weighted by atomic mass is 35.5. The molecular weight excluding hydrogens is 449 g/mol. The Morgan fingerprint density at radius 3 is 2.76 bits per heavy atom. The van der Waals surface area contributed by atoms with Gasteiger partial charge in [-0.05, 0) is 42.9 Å². The average Bonchev–Trinajstić information content (AvgIpc) is 3.28. The van der Waals surface area contributed by atoms with Gasteiger partial charge in [-0.2, -0.15) is 10.1 Å². The van der Waals surface area contributed by atoms with Crippen LogP contribution >= 0.6 is 11.6 Å². The van der Waals surface area contributed by atoms with E-state index in [2.05, 4.69) is 30.5 Å². The first kappa shape index (κ1) is 21.7. The molecule has 0 amide bonds. The molecule has 9 nitrogen and oxygen atoms in total. The molecule has 0 unspecified atom stereocenters. The maximum atomic E-state index is 13.1. The number of halogens is 2. The summed E-state index contributed by atoms with van der Waals surface area (Å²) in [7, 11) is 1.59. The molecule has 2 fully saturated rings. The summed E-state index contributed by atoms with van der Waals surface area (Å²) in [5.74, 6) is 2.33. The number of ether oxygens (including phenoxy) is 2. The van der Waals surface area contributed by atoms with Crippen molar-refractivity contribution in [1.29, 1.82) is 0 Å². The molecule has 174 valence electrons. The fraction of sp³-hybridized carbons (Fsp3) is 0.455. The van der Waals surface area contributed by atoms with E-state index in [-0.39, 0.29) is 18.6 Å². The molecule has 1 saturated carbocycles. The monoisotopic (exact) mass is 473 g/mol. The van der Waals surface area contributed by atoms with E-state index in [0.29, 0.717) is 34.4 Å². The summed E-state index contributed by atoms with van der Waals surface area (Å²) in [6, 6.07) is 9.38. The number of aromatic nitrogens is 5. The molecule has 3 aromatic rings. The number of aryl methyl sites for hydroxylation is 1. The lowest BCUT2D eigenvalue weighted by molar-refractivity contribution is 0.363. The molecule has 1 aromatic carbocycles. The van der Waals surface area contributed by atoms with Crippen molar-refractivity contribution in [3.05, 3.63) is 41.6 Å². The fourth-order valence-electron chi connectivity index (χ4n) is 4.75. The number of fused-ring (bicyclic) bond motifs is 2.